The third-order valence-corrected chi connectivity index (χ3v) is 4.73. The maximum atomic E-state index is 4.44. The Labute approximate surface area is 127 Å². The fourth-order valence-electron chi connectivity index (χ4n) is 3.47. The molecule has 114 valence electrons. The van der Waals surface area contributed by atoms with Crippen LogP contribution in [0.5, 0.6) is 0 Å². The SMILES string of the molecule is c1ccc2c(c1)ncn2CCCNCCC1CCCCC1. The highest BCUT2D eigenvalue weighted by molar-refractivity contribution is 5.74. The van der Waals surface area contributed by atoms with Gasteiger partial charge in [0.05, 0.1) is 17.4 Å². The van der Waals surface area contributed by atoms with Gasteiger partial charge in [-0.15, -0.1) is 0 Å². The van der Waals surface area contributed by atoms with Crippen LogP contribution in [0.1, 0.15) is 44.9 Å². The molecule has 1 aromatic carbocycles. The van der Waals surface area contributed by atoms with E-state index in [2.05, 4.69) is 33.1 Å². The maximum absolute atomic E-state index is 4.44. The van der Waals surface area contributed by atoms with E-state index in [1.165, 1.54) is 57.0 Å². The molecule has 0 saturated heterocycles. The molecule has 1 heterocycles. The second-order valence-corrected chi connectivity index (χ2v) is 6.32. The number of nitrogens with one attached hydrogen (secondary N) is 1. The number of hydrogen-bond acceptors (Lipinski definition) is 2. The van der Waals surface area contributed by atoms with Gasteiger partial charge in [0.1, 0.15) is 0 Å². The van der Waals surface area contributed by atoms with Crippen LogP contribution < -0.4 is 5.32 Å². The molecule has 0 bridgehead atoms. The van der Waals surface area contributed by atoms with E-state index in [-0.39, 0.29) is 0 Å². The summed E-state index contributed by atoms with van der Waals surface area (Å²) in [7, 11) is 0. The van der Waals surface area contributed by atoms with Crippen molar-refractivity contribution in [1.29, 1.82) is 0 Å². The van der Waals surface area contributed by atoms with E-state index >= 15 is 0 Å². The van der Waals surface area contributed by atoms with Gasteiger partial charge in [0.15, 0.2) is 0 Å². The van der Waals surface area contributed by atoms with Crippen molar-refractivity contribution in [3.8, 4) is 0 Å². The summed E-state index contributed by atoms with van der Waals surface area (Å²) in [6.07, 6.45) is 11.8. The van der Waals surface area contributed by atoms with Gasteiger partial charge in [-0.1, -0.05) is 44.2 Å². The molecule has 2 aromatic rings. The maximum Gasteiger partial charge on any atom is 0.0958 e. The average molecular weight is 285 g/mol. The molecule has 1 saturated carbocycles. The third kappa shape index (κ3) is 4.07. The van der Waals surface area contributed by atoms with Gasteiger partial charge in [-0.25, -0.2) is 4.98 Å². The van der Waals surface area contributed by atoms with Crippen LogP contribution in [0.3, 0.4) is 0 Å². The van der Waals surface area contributed by atoms with Crippen LogP contribution in [0.2, 0.25) is 0 Å². The minimum absolute atomic E-state index is 0.990. The molecule has 0 atom stereocenters. The van der Waals surface area contributed by atoms with Gasteiger partial charge in [0, 0.05) is 6.54 Å². The predicted octanol–water partition coefficient (Wildman–Crippen LogP) is 3.99. The Morgan fingerprint density at radius 3 is 2.86 bits per heavy atom. The number of rotatable bonds is 7. The van der Waals surface area contributed by atoms with Crippen molar-refractivity contribution >= 4 is 11.0 Å². The summed E-state index contributed by atoms with van der Waals surface area (Å²) < 4.78 is 2.26. The first-order chi connectivity index (χ1) is 10.4. The molecule has 1 N–H and O–H groups in total. The second-order valence-electron chi connectivity index (χ2n) is 6.32. The Kier molecular flexibility index (Phi) is 5.28. The highest BCUT2D eigenvalue weighted by atomic mass is 15.0. The molecule has 0 amide bonds. The van der Waals surface area contributed by atoms with Crippen LogP contribution in [0.4, 0.5) is 0 Å². The molecule has 21 heavy (non-hydrogen) atoms. The number of para-hydroxylation sites is 2. The first-order valence-corrected chi connectivity index (χ1v) is 8.54. The van der Waals surface area contributed by atoms with Crippen molar-refractivity contribution in [3.05, 3.63) is 30.6 Å². The second kappa shape index (κ2) is 7.60. The molecule has 0 aliphatic heterocycles. The van der Waals surface area contributed by atoms with Gasteiger partial charge < -0.3 is 9.88 Å². The van der Waals surface area contributed by atoms with Crippen molar-refractivity contribution in [2.45, 2.75) is 51.5 Å². The summed E-state index contributed by atoms with van der Waals surface area (Å²) in [6.45, 7) is 3.35. The smallest absolute Gasteiger partial charge is 0.0958 e. The van der Waals surface area contributed by atoms with Gasteiger partial charge in [0.25, 0.3) is 0 Å². The summed E-state index contributed by atoms with van der Waals surface area (Å²) in [5.41, 5.74) is 2.35. The molecular formula is C18H27N3. The van der Waals surface area contributed by atoms with Gasteiger partial charge in [-0.3, -0.25) is 0 Å². The van der Waals surface area contributed by atoms with E-state index in [1.54, 1.807) is 0 Å². The van der Waals surface area contributed by atoms with Crippen LogP contribution >= 0.6 is 0 Å². The molecule has 0 spiro atoms. The summed E-state index contributed by atoms with van der Waals surface area (Å²) in [5, 5.41) is 3.61. The van der Waals surface area contributed by atoms with Crippen molar-refractivity contribution < 1.29 is 0 Å². The van der Waals surface area contributed by atoms with Crippen LogP contribution in [0.15, 0.2) is 30.6 Å². The van der Waals surface area contributed by atoms with Gasteiger partial charge >= 0.3 is 0 Å². The fourth-order valence-corrected chi connectivity index (χ4v) is 3.47. The van der Waals surface area contributed by atoms with Gasteiger partial charge in [0.2, 0.25) is 0 Å². The zero-order chi connectivity index (χ0) is 14.3. The van der Waals surface area contributed by atoms with Crippen LogP contribution in [0.25, 0.3) is 11.0 Å². The van der Waals surface area contributed by atoms with Gasteiger partial charge in [-0.2, -0.15) is 0 Å². The highest BCUT2D eigenvalue weighted by Crippen LogP contribution is 2.25. The lowest BCUT2D eigenvalue weighted by Crippen LogP contribution is -2.21. The van der Waals surface area contributed by atoms with E-state index in [9.17, 15) is 0 Å². The molecule has 0 unspecified atom stereocenters. The Hall–Kier alpha value is -1.35. The molecule has 3 rings (SSSR count). The molecule has 3 nitrogen and oxygen atoms in total. The fraction of sp³-hybridized carbons (Fsp3) is 0.611. The molecule has 1 fully saturated rings. The third-order valence-electron chi connectivity index (χ3n) is 4.73. The van der Waals surface area contributed by atoms with E-state index in [4.69, 9.17) is 0 Å². The van der Waals surface area contributed by atoms with Crippen LogP contribution in [-0.4, -0.2) is 22.6 Å². The zero-order valence-electron chi connectivity index (χ0n) is 12.9. The predicted molar refractivity (Wildman–Crippen MR) is 88.4 cm³/mol. The highest BCUT2D eigenvalue weighted by Gasteiger charge is 2.12. The minimum Gasteiger partial charge on any atom is -0.331 e. The average Bonchev–Trinajstić information content (AvgIpc) is 2.95. The van der Waals surface area contributed by atoms with Crippen molar-refractivity contribution in [1.82, 2.24) is 14.9 Å². The zero-order valence-corrected chi connectivity index (χ0v) is 12.9. The Bertz CT molecular complexity index is 540. The lowest BCUT2D eigenvalue weighted by Gasteiger charge is -2.21. The Morgan fingerprint density at radius 1 is 1.10 bits per heavy atom. The monoisotopic (exact) mass is 285 g/mol. The molecule has 1 aromatic heterocycles. The number of benzene rings is 1. The van der Waals surface area contributed by atoms with E-state index in [1.807, 2.05) is 12.4 Å². The number of fused-ring (bicyclic) bond motifs is 1. The molecule has 1 aliphatic rings. The molecule has 1 aliphatic carbocycles. The standard InChI is InChI=1S/C18H27N3/c1-2-7-16(8-3-1)11-13-19-12-6-14-21-15-20-17-9-4-5-10-18(17)21/h4-5,9-10,15-16,19H,1-3,6-8,11-14H2. The van der Waals surface area contributed by atoms with Crippen molar-refractivity contribution in [2.24, 2.45) is 5.92 Å². The topological polar surface area (TPSA) is 29.9 Å². The van der Waals surface area contributed by atoms with Crippen molar-refractivity contribution in [3.63, 3.8) is 0 Å². The number of aromatic nitrogens is 2. The lowest BCUT2D eigenvalue weighted by atomic mass is 9.87. The number of nitrogens with zero attached hydrogens (tertiary/aromatic N) is 2. The van der Waals surface area contributed by atoms with Crippen molar-refractivity contribution in [2.75, 3.05) is 13.1 Å². The van der Waals surface area contributed by atoms with E-state index in [0.29, 0.717) is 0 Å². The summed E-state index contributed by atoms with van der Waals surface area (Å²) in [4.78, 5) is 4.44. The largest absolute Gasteiger partial charge is 0.331 e. The number of aryl methyl sites for hydroxylation is 1. The first kappa shape index (κ1) is 14.6. The normalized spacial score (nSPS) is 16.6. The summed E-state index contributed by atoms with van der Waals surface area (Å²) >= 11 is 0. The molecule has 0 radical (unpaired) electrons. The number of imidazole rings is 1. The summed E-state index contributed by atoms with van der Waals surface area (Å²) in [5.74, 6) is 0.990. The minimum atomic E-state index is 0.990. The van der Waals surface area contributed by atoms with Crippen LogP contribution in [-0.2, 0) is 6.54 Å². The van der Waals surface area contributed by atoms with E-state index < -0.39 is 0 Å². The quantitative estimate of drug-likeness (QED) is 0.780. The van der Waals surface area contributed by atoms with Crippen LogP contribution in [0, 0.1) is 5.92 Å². The Morgan fingerprint density at radius 2 is 1.95 bits per heavy atom. The van der Waals surface area contributed by atoms with E-state index in [0.717, 1.165) is 24.5 Å². The Balaban J connectivity index is 1.33. The lowest BCUT2D eigenvalue weighted by molar-refractivity contribution is 0.333. The number of hydrogen-bond donors (Lipinski definition) is 1. The van der Waals surface area contributed by atoms with Gasteiger partial charge in [-0.05, 0) is 44.0 Å². The first-order valence-electron chi connectivity index (χ1n) is 8.54. The summed E-state index contributed by atoms with van der Waals surface area (Å²) in [6, 6.07) is 8.36. The molecule has 3 heteroatoms. The molecular weight excluding hydrogens is 258 g/mol.